The van der Waals surface area contributed by atoms with Gasteiger partial charge in [0.05, 0.1) is 12.9 Å². The lowest BCUT2D eigenvalue weighted by Gasteiger charge is -2.52. The van der Waals surface area contributed by atoms with Crippen molar-refractivity contribution in [1.82, 2.24) is 19.5 Å². The van der Waals surface area contributed by atoms with E-state index >= 15 is 0 Å². The van der Waals surface area contributed by atoms with Crippen LogP contribution >= 0.6 is 11.6 Å². The molecule has 5 rings (SSSR count). The minimum Gasteiger partial charge on any atom is -0.414 e. The number of halogens is 1. The number of carbonyl (C=O) groups is 1. The van der Waals surface area contributed by atoms with E-state index in [0.29, 0.717) is 11.1 Å². The van der Waals surface area contributed by atoms with Crippen molar-refractivity contribution < 1.29 is 27.6 Å². The fraction of sp³-hybridized carbons (Fsp3) is 0.562. The Labute approximate surface area is 278 Å². The minimum atomic E-state index is -3.08. The van der Waals surface area contributed by atoms with Gasteiger partial charge in [-0.3, -0.25) is 14.7 Å². The maximum Gasteiger partial charge on any atom is 0.335 e. The van der Waals surface area contributed by atoms with Crippen LogP contribution in [-0.2, 0) is 17.7 Å². The Morgan fingerprint density at radius 1 is 1.09 bits per heavy atom. The Morgan fingerprint density at radius 2 is 1.72 bits per heavy atom. The number of hydrogen-bond donors (Lipinski definition) is 2. The Morgan fingerprint density at radius 3 is 2.30 bits per heavy atom. The first-order valence-electron chi connectivity index (χ1n) is 16.0. The number of aliphatic hydroxyl groups is 1. The first-order chi connectivity index (χ1) is 21.7. The quantitative estimate of drug-likeness (QED) is 0.140. The summed E-state index contributed by atoms with van der Waals surface area (Å²) in [4.78, 5) is 26.3. The minimum absolute atomic E-state index is 0.00643. The maximum absolute atomic E-state index is 12.9. The van der Waals surface area contributed by atoms with Gasteiger partial charge in [0.2, 0.25) is 5.95 Å². The highest BCUT2D eigenvalue weighted by Gasteiger charge is 2.65. The number of fused-ring (bicyclic) bond motifs is 2. The zero-order chi connectivity index (χ0) is 33.6. The van der Waals surface area contributed by atoms with E-state index in [1.165, 1.54) is 6.33 Å². The van der Waals surface area contributed by atoms with E-state index in [0.717, 1.165) is 0 Å². The highest BCUT2D eigenvalue weighted by Crippen LogP contribution is 2.52. The van der Waals surface area contributed by atoms with Gasteiger partial charge in [0, 0.05) is 12.0 Å². The molecule has 0 radical (unpaired) electrons. The summed E-state index contributed by atoms with van der Waals surface area (Å²) < 4.78 is 29.8. The molecule has 14 heteroatoms. The SMILES string of the molecule is C=CC[C@@]1(O)C2O[Si](C(C)C)(C(C)C)O[Si](C(C)C)(C(C)C)OCC2OC1n1cnc2c(Cl)nc(NC(=O)c3ccccc3)nc21. The maximum atomic E-state index is 12.9. The number of hydrogen-bond acceptors (Lipinski definition) is 9. The summed E-state index contributed by atoms with van der Waals surface area (Å²) in [6.45, 7) is 21.3. The number of aromatic nitrogens is 4. The van der Waals surface area contributed by atoms with Gasteiger partial charge in [-0.15, -0.1) is 6.58 Å². The van der Waals surface area contributed by atoms with Gasteiger partial charge in [-0.05, 0) is 34.3 Å². The number of benzene rings is 1. The van der Waals surface area contributed by atoms with E-state index in [9.17, 15) is 9.90 Å². The molecule has 46 heavy (non-hydrogen) atoms. The van der Waals surface area contributed by atoms with Gasteiger partial charge in [0.25, 0.3) is 5.91 Å². The van der Waals surface area contributed by atoms with Crippen molar-refractivity contribution in [3.63, 3.8) is 0 Å². The predicted molar refractivity (Wildman–Crippen MR) is 182 cm³/mol. The highest BCUT2D eigenvalue weighted by molar-refractivity contribution is 6.84. The highest BCUT2D eigenvalue weighted by atomic mass is 35.5. The van der Waals surface area contributed by atoms with Crippen LogP contribution in [0.4, 0.5) is 5.95 Å². The van der Waals surface area contributed by atoms with Crippen molar-refractivity contribution in [2.24, 2.45) is 0 Å². The third kappa shape index (κ3) is 5.89. The van der Waals surface area contributed by atoms with Crippen LogP contribution in [0.5, 0.6) is 0 Å². The van der Waals surface area contributed by atoms with E-state index in [2.05, 4.69) is 82.2 Å². The smallest absolute Gasteiger partial charge is 0.335 e. The number of nitrogens with zero attached hydrogens (tertiary/aromatic N) is 4. The molecule has 2 aliphatic rings. The monoisotopic (exact) mass is 687 g/mol. The molecule has 0 aliphatic carbocycles. The number of ether oxygens (including phenoxy) is 1. The van der Waals surface area contributed by atoms with E-state index < -0.39 is 47.1 Å². The molecule has 11 nitrogen and oxygen atoms in total. The van der Waals surface area contributed by atoms with Crippen LogP contribution in [0.3, 0.4) is 0 Å². The summed E-state index contributed by atoms with van der Waals surface area (Å²) in [6.07, 6.45) is 0.887. The molecule has 3 unspecified atom stereocenters. The van der Waals surface area contributed by atoms with Crippen molar-refractivity contribution in [1.29, 1.82) is 0 Å². The first-order valence-corrected chi connectivity index (χ1v) is 20.3. The summed E-state index contributed by atoms with van der Waals surface area (Å²) in [5, 5.41) is 15.4. The molecule has 4 atom stereocenters. The Balaban J connectivity index is 1.60. The van der Waals surface area contributed by atoms with Gasteiger partial charge >= 0.3 is 17.1 Å². The summed E-state index contributed by atoms with van der Waals surface area (Å²) >= 11 is 6.56. The van der Waals surface area contributed by atoms with Crippen LogP contribution in [-0.4, -0.2) is 72.1 Å². The predicted octanol–water partition coefficient (Wildman–Crippen LogP) is 6.89. The van der Waals surface area contributed by atoms with Gasteiger partial charge in [-0.1, -0.05) is 91.3 Å². The topological polar surface area (TPSA) is 130 Å². The second kappa shape index (κ2) is 13.2. The normalized spacial score (nSPS) is 26.0. The zero-order valence-electron chi connectivity index (χ0n) is 27.9. The molecule has 2 saturated heterocycles. The van der Waals surface area contributed by atoms with Gasteiger partial charge in [0.1, 0.15) is 23.3 Å². The van der Waals surface area contributed by atoms with Crippen LogP contribution in [0, 0.1) is 0 Å². The third-order valence-electron chi connectivity index (χ3n) is 9.25. The molecule has 0 spiro atoms. The van der Waals surface area contributed by atoms with Gasteiger partial charge in [-0.2, -0.15) is 9.97 Å². The second-order valence-electron chi connectivity index (χ2n) is 13.5. The summed E-state index contributed by atoms with van der Waals surface area (Å²) in [7, 11) is -5.92. The molecule has 2 aliphatic heterocycles. The van der Waals surface area contributed by atoms with Crippen molar-refractivity contribution in [3.05, 3.63) is 60.0 Å². The van der Waals surface area contributed by atoms with Gasteiger partial charge in [0.15, 0.2) is 17.0 Å². The lowest BCUT2D eigenvalue weighted by Crippen LogP contribution is -2.67. The molecule has 0 bridgehead atoms. The molecule has 3 aromatic rings. The van der Waals surface area contributed by atoms with Gasteiger partial charge < -0.3 is 22.8 Å². The van der Waals surface area contributed by atoms with Gasteiger partial charge in [-0.25, -0.2) is 4.98 Å². The van der Waals surface area contributed by atoms with Crippen molar-refractivity contribution in [3.8, 4) is 0 Å². The van der Waals surface area contributed by atoms with Crippen LogP contribution < -0.4 is 5.32 Å². The molecule has 1 aromatic carbocycles. The third-order valence-corrected chi connectivity index (χ3v) is 19.7. The van der Waals surface area contributed by atoms with Crippen molar-refractivity contribution in [2.75, 3.05) is 11.9 Å². The number of amides is 1. The Bertz CT molecular complexity index is 1560. The summed E-state index contributed by atoms with van der Waals surface area (Å²) in [6, 6.07) is 8.74. The molecule has 2 aromatic heterocycles. The summed E-state index contributed by atoms with van der Waals surface area (Å²) in [5.41, 5.74) is -0.151. The number of nitrogens with one attached hydrogen (secondary N) is 1. The molecular formula is C32H46ClN5O6Si2. The fourth-order valence-corrected chi connectivity index (χ4v) is 18.3. The van der Waals surface area contributed by atoms with Crippen molar-refractivity contribution >= 4 is 51.7 Å². The largest absolute Gasteiger partial charge is 0.414 e. The lowest BCUT2D eigenvalue weighted by atomic mass is 9.90. The summed E-state index contributed by atoms with van der Waals surface area (Å²) in [5.74, 6) is -0.397. The fourth-order valence-electron chi connectivity index (χ4n) is 6.87. The standard InChI is InChI=1S/C32H46ClN5O6Si2/c1-10-16-32(40)26-24(17-41-45(19(2)3,20(4)5)44-46(43-26,21(6)7)22(8)9)42-30(32)38-18-34-25-27(33)35-31(36-28(25)38)37-29(39)23-14-12-11-13-15-23/h10-15,18-22,24,26,30,40H,1,16-17H2,2-9H3,(H,35,36,37,39)/t24?,26?,30?,32-/m1/s1. The van der Waals surface area contributed by atoms with E-state index in [1.54, 1.807) is 34.9 Å². The van der Waals surface area contributed by atoms with Crippen molar-refractivity contribution in [2.45, 2.75) is 108 Å². The van der Waals surface area contributed by atoms with Crippen LogP contribution in [0.2, 0.25) is 27.3 Å². The Hall–Kier alpha value is -2.50. The molecule has 4 heterocycles. The van der Waals surface area contributed by atoms with Crippen LogP contribution in [0.1, 0.15) is 78.4 Å². The molecule has 2 fully saturated rings. The molecule has 0 saturated carbocycles. The van der Waals surface area contributed by atoms with E-state index in [4.69, 9.17) is 29.3 Å². The second-order valence-corrected chi connectivity index (χ2v) is 22.7. The number of imidazole rings is 1. The average Bonchev–Trinajstić information content (AvgIpc) is 3.51. The molecular weight excluding hydrogens is 642 g/mol. The number of carbonyl (C=O) groups excluding carboxylic acids is 1. The average molecular weight is 688 g/mol. The van der Waals surface area contributed by atoms with E-state index in [-0.39, 0.29) is 51.9 Å². The molecule has 1 amide bonds. The Kier molecular flexibility index (Phi) is 9.99. The number of rotatable bonds is 9. The molecule has 2 N–H and O–H groups in total. The first kappa shape index (κ1) is 34.8. The molecule has 250 valence electrons. The van der Waals surface area contributed by atoms with E-state index in [1.807, 2.05) is 6.07 Å². The van der Waals surface area contributed by atoms with Crippen LogP contribution in [0.15, 0.2) is 49.3 Å². The van der Waals surface area contributed by atoms with Crippen LogP contribution in [0.25, 0.3) is 11.2 Å². The number of anilines is 1. The zero-order valence-corrected chi connectivity index (χ0v) is 30.6. The lowest BCUT2D eigenvalue weighted by molar-refractivity contribution is -0.104.